The Balaban J connectivity index is 1.93. The average Bonchev–Trinajstić information content (AvgIpc) is 2.62. The Labute approximate surface area is 145 Å². The van der Waals surface area contributed by atoms with Gasteiger partial charge < -0.3 is 20.7 Å². The monoisotopic (exact) mass is 333 g/mol. The molecule has 1 aromatic rings. The zero-order chi connectivity index (χ0) is 17.5. The van der Waals surface area contributed by atoms with Gasteiger partial charge in [0.05, 0.1) is 12.1 Å². The minimum atomic E-state index is -0.445. The molecule has 1 fully saturated rings. The molecule has 24 heavy (non-hydrogen) atoms. The second kappa shape index (κ2) is 9.16. The summed E-state index contributed by atoms with van der Waals surface area (Å²) in [6.07, 6.45) is 2.76. The van der Waals surface area contributed by atoms with E-state index in [9.17, 15) is 4.79 Å². The lowest BCUT2D eigenvalue weighted by atomic mass is 9.92. The molecule has 0 radical (unpaired) electrons. The van der Waals surface area contributed by atoms with Crippen LogP contribution in [-0.2, 0) is 16.0 Å². The van der Waals surface area contributed by atoms with E-state index in [0.717, 1.165) is 19.3 Å². The molecule has 1 saturated heterocycles. The first kappa shape index (κ1) is 18.9. The Bertz CT molecular complexity index is 510. The molecule has 1 aliphatic rings. The van der Waals surface area contributed by atoms with Gasteiger partial charge in [-0.05, 0) is 50.4 Å². The van der Waals surface area contributed by atoms with Crippen molar-refractivity contribution in [3.05, 3.63) is 35.4 Å². The van der Waals surface area contributed by atoms with Gasteiger partial charge in [-0.3, -0.25) is 4.79 Å². The van der Waals surface area contributed by atoms with Crippen molar-refractivity contribution >= 4 is 5.91 Å². The Morgan fingerprint density at radius 2 is 1.92 bits per heavy atom. The minimum absolute atomic E-state index is 0.0565. The molecule has 5 nitrogen and oxygen atoms in total. The van der Waals surface area contributed by atoms with Crippen molar-refractivity contribution in [2.24, 2.45) is 11.7 Å². The summed E-state index contributed by atoms with van der Waals surface area (Å²) in [4.78, 5) is 14.5. The third kappa shape index (κ3) is 5.03. The van der Waals surface area contributed by atoms with Gasteiger partial charge in [0.15, 0.2) is 0 Å². The largest absolute Gasteiger partial charge is 0.381 e. The van der Waals surface area contributed by atoms with Crippen LogP contribution in [0.15, 0.2) is 24.3 Å². The number of nitrogens with two attached hydrogens (primary N) is 1. The summed E-state index contributed by atoms with van der Waals surface area (Å²) >= 11 is 0. The summed E-state index contributed by atoms with van der Waals surface area (Å²) in [5.74, 6) is 0.166. The van der Waals surface area contributed by atoms with Gasteiger partial charge in [0, 0.05) is 19.8 Å². The lowest BCUT2D eigenvalue weighted by Gasteiger charge is -2.29. The molecule has 0 saturated carbocycles. The van der Waals surface area contributed by atoms with Crippen molar-refractivity contribution in [3.8, 4) is 0 Å². The quantitative estimate of drug-likeness (QED) is 0.797. The summed E-state index contributed by atoms with van der Waals surface area (Å²) < 4.78 is 5.34. The zero-order valence-electron chi connectivity index (χ0n) is 15.1. The highest BCUT2D eigenvalue weighted by Crippen LogP contribution is 2.20. The van der Waals surface area contributed by atoms with E-state index in [-0.39, 0.29) is 17.9 Å². The summed E-state index contributed by atoms with van der Waals surface area (Å²) in [5.41, 5.74) is 8.68. The van der Waals surface area contributed by atoms with Gasteiger partial charge in [-0.15, -0.1) is 0 Å². The number of hydrogen-bond acceptors (Lipinski definition) is 4. The van der Waals surface area contributed by atoms with E-state index in [4.69, 9.17) is 10.5 Å². The highest BCUT2D eigenvalue weighted by atomic mass is 16.5. The Morgan fingerprint density at radius 1 is 1.29 bits per heavy atom. The fourth-order valence-corrected chi connectivity index (χ4v) is 3.18. The lowest BCUT2D eigenvalue weighted by molar-refractivity contribution is -0.124. The first-order valence-corrected chi connectivity index (χ1v) is 8.89. The van der Waals surface area contributed by atoms with Gasteiger partial charge in [-0.1, -0.05) is 31.2 Å². The number of nitrogens with one attached hydrogen (secondary N) is 1. The fraction of sp³-hybridized carbons (Fsp3) is 0.632. The van der Waals surface area contributed by atoms with Gasteiger partial charge in [0.1, 0.15) is 0 Å². The van der Waals surface area contributed by atoms with Crippen LogP contribution in [0, 0.1) is 5.92 Å². The predicted molar refractivity (Wildman–Crippen MR) is 96.8 cm³/mol. The molecular formula is C19H31N3O2. The minimum Gasteiger partial charge on any atom is -0.381 e. The maximum absolute atomic E-state index is 12.4. The van der Waals surface area contributed by atoms with Crippen molar-refractivity contribution in [1.29, 1.82) is 0 Å². The number of aryl methyl sites for hydroxylation is 1. The molecule has 1 aliphatic heterocycles. The van der Waals surface area contributed by atoms with Crippen LogP contribution in [0.25, 0.3) is 0 Å². The maximum Gasteiger partial charge on any atom is 0.237 e. The molecule has 0 bridgehead atoms. The zero-order valence-corrected chi connectivity index (χ0v) is 15.1. The molecule has 2 atom stereocenters. The standard InChI is InChI=1S/C19H31N3O2/c1-4-14-5-7-15(8-6-14)17(22(2)3)13-21-19(23)18(20)16-9-11-24-12-10-16/h5-8,16-18H,4,9-13,20H2,1-3H3,(H,21,23). The van der Waals surface area contributed by atoms with Crippen molar-refractivity contribution < 1.29 is 9.53 Å². The van der Waals surface area contributed by atoms with Crippen LogP contribution < -0.4 is 11.1 Å². The van der Waals surface area contributed by atoms with Crippen LogP contribution in [0.4, 0.5) is 0 Å². The first-order chi connectivity index (χ1) is 11.5. The van der Waals surface area contributed by atoms with Gasteiger partial charge in [0.25, 0.3) is 0 Å². The molecule has 1 heterocycles. The Hall–Kier alpha value is -1.43. The van der Waals surface area contributed by atoms with Crippen LogP contribution in [0.2, 0.25) is 0 Å². The molecule has 134 valence electrons. The molecular weight excluding hydrogens is 302 g/mol. The van der Waals surface area contributed by atoms with Gasteiger partial charge in [-0.2, -0.15) is 0 Å². The number of ether oxygens (including phenoxy) is 1. The summed E-state index contributed by atoms with van der Waals surface area (Å²) in [5, 5.41) is 3.04. The second-order valence-electron chi connectivity index (χ2n) is 6.80. The maximum atomic E-state index is 12.4. The molecule has 0 aromatic heterocycles. The molecule has 3 N–H and O–H groups in total. The molecule has 2 rings (SSSR count). The Kier molecular flexibility index (Phi) is 7.21. The average molecular weight is 333 g/mol. The summed E-state index contributed by atoms with van der Waals surface area (Å²) in [6.45, 7) is 4.12. The second-order valence-corrected chi connectivity index (χ2v) is 6.80. The van der Waals surface area contributed by atoms with E-state index in [1.165, 1.54) is 11.1 Å². The van der Waals surface area contributed by atoms with Crippen molar-refractivity contribution in [3.63, 3.8) is 0 Å². The van der Waals surface area contributed by atoms with Crippen LogP contribution in [-0.4, -0.2) is 50.7 Å². The fourth-order valence-electron chi connectivity index (χ4n) is 3.18. The molecule has 5 heteroatoms. The number of benzene rings is 1. The Morgan fingerprint density at radius 3 is 2.46 bits per heavy atom. The SMILES string of the molecule is CCc1ccc(C(CNC(=O)C(N)C2CCOCC2)N(C)C)cc1. The van der Waals surface area contributed by atoms with Crippen LogP contribution in [0.1, 0.15) is 36.9 Å². The topological polar surface area (TPSA) is 67.6 Å². The van der Waals surface area contributed by atoms with E-state index < -0.39 is 6.04 Å². The van der Waals surface area contributed by atoms with E-state index in [1.807, 2.05) is 14.1 Å². The number of nitrogens with zero attached hydrogens (tertiary/aromatic N) is 1. The van der Waals surface area contributed by atoms with Crippen LogP contribution >= 0.6 is 0 Å². The van der Waals surface area contributed by atoms with E-state index in [0.29, 0.717) is 19.8 Å². The molecule has 0 aliphatic carbocycles. The van der Waals surface area contributed by atoms with E-state index >= 15 is 0 Å². The van der Waals surface area contributed by atoms with Crippen molar-refractivity contribution in [2.45, 2.75) is 38.3 Å². The summed E-state index contributed by atoms with van der Waals surface area (Å²) in [7, 11) is 4.06. The van der Waals surface area contributed by atoms with Crippen LogP contribution in [0.3, 0.4) is 0 Å². The molecule has 1 amide bonds. The first-order valence-electron chi connectivity index (χ1n) is 8.89. The highest BCUT2D eigenvalue weighted by molar-refractivity contribution is 5.81. The van der Waals surface area contributed by atoms with Gasteiger partial charge in [0.2, 0.25) is 5.91 Å². The third-order valence-corrected chi connectivity index (χ3v) is 4.94. The highest BCUT2D eigenvalue weighted by Gasteiger charge is 2.27. The number of carbonyl (C=O) groups excluding carboxylic acids is 1. The number of amides is 1. The number of rotatable bonds is 7. The molecule has 0 spiro atoms. The van der Waals surface area contributed by atoms with Crippen molar-refractivity contribution in [2.75, 3.05) is 33.9 Å². The van der Waals surface area contributed by atoms with Gasteiger partial charge >= 0.3 is 0 Å². The number of carbonyl (C=O) groups is 1. The van der Waals surface area contributed by atoms with Crippen LogP contribution in [0.5, 0.6) is 0 Å². The van der Waals surface area contributed by atoms with Gasteiger partial charge in [-0.25, -0.2) is 0 Å². The lowest BCUT2D eigenvalue weighted by Crippen LogP contribution is -2.48. The predicted octanol–water partition coefficient (Wildman–Crippen LogP) is 1.72. The normalized spacial score (nSPS) is 18.4. The van der Waals surface area contributed by atoms with E-state index in [2.05, 4.69) is 41.4 Å². The third-order valence-electron chi connectivity index (χ3n) is 4.94. The number of hydrogen-bond donors (Lipinski definition) is 2. The molecule has 2 unspecified atom stereocenters. The number of likely N-dealkylation sites (N-methyl/N-ethyl adjacent to an activating group) is 1. The van der Waals surface area contributed by atoms with Crippen molar-refractivity contribution in [1.82, 2.24) is 10.2 Å². The van der Waals surface area contributed by atoms with E-state index in [1.54, 1.807) is 0 Å². The molecule has 1 aromatic carbocycles. The summed E-state index contributed by atoms with van der Waals surface area (Å²) in [6, 6.07) is 8.30. The smallest absolute Gasteiger partial charge is 0.237 e.